The zero-order valence-corrected chi connectivity index (χ0v) is 12.2. The Labute approximate surface area is 111 Å². The van der Waals surface area contributed by atoms with Gasteiger partial charge in [-0.2, -0.15) is 0 Å². The first kappa shape index (κ1) is 14.6. The molecule has 2 nitrogen and oxygen atoms in total. The summed E-state index contributed by atoms with van der Waals surface area (Å²) in [5.74, 6) is -0.164. The normalized spacial score (nSPS) is 13.1. The number of nitrogens with one attached hydrogen (secondary N) is 1. The highest BCUT2D eigenvalue weighted by molar-refractivity contribution is 9.10. The fourth-order valence-corrected chi connectivity index (χ4v) is 1.94. The van der Waals surface area contributed by atoms with E-state index in [9.17, 15) is 4.39 Å². The smallest absolute Gasteiger partial charge is 0.128 e. The van der Waals surface area contributed by atoms with Crippen LogP contribution in [0.2, 0.25) is 0 Å². The predicted molar refractivity (Wildman–Crippen MR) is 73.6 cm³/mol. The van der Waals surface area contributed by atoms with E-state index in [1.807, 2.05) is 12.1 Å². The van der Waals surface area contributed by atoms with E-state index in [-0.39, 0.29) is 5.82 Å². The van der Waals surface area contributed by atoms with Crippen LogP contribution in [-0.4, -0.2) is 31.1 Å². The van der Waals surface area contributed by atoms with E-state index in [0.717, 1.165) is 17.6 Å². The third-order valence-electron chi connectivity index (χ3n) is 2.78. The van der Waals surface area contributed by atoms with Crippen molar-refractivity contribution in [2.45, 2.75) is 26.4 Å². The van der Waals surface area contributed by atoms with Crippen LogP contribution in [0.4, 0.5) is 4.39 Å². The van der Waals surface area contributed by atoms with Crippen molar-refractivity contribution < 1.29 is 4.39 Å². The van der Waals surface area contributed by atoms with Gasteiger partial charge in [0, 0.05) is 29.2 Å². The van der Waals surface area contributed by atoms with Gasteiger partial charge in [0.1, 0.15) is 5.82 Å². The van der Waals surface area contributed by atoms with E-state index in [1.54, 1.807) is 0 Å². The van der Waals surface area contributed by atoms with Gasteiger partial charge in [0.05, 0.1) is 0 Å². The summed E-state index contributed by atoms with van der Waals surface area (Å²) >= 11 is 3.25. The highest BCUT2D eigenvalue weighted by Crippen LogP contribution is 2.15. The van der Waals surface area contributed by atoms with Crippen LogP contribution < -0.4 is 5.32 Å². The molecule has 0 saturated carbocycles. The highest BCUT2D eigenvalue weighted by atomic mass is 79.9. The SMILES string of the molecule is CCN(C)CC(C)NCc1ccc(Br)cc1F. The monoisotopic (exact) mass is 302 g/mol. The summed E-state index contributed by atoms with van der Waals surface area (Å²) in [5.41, 5.74) is 0.708. The molecular formula is C13H20BrFN2. The Kier molecular flexibility index (Phi) is 6.09. The Hall–Kier alpha value is -0.450. The Morgan fingerprint density at radius 2 is 2.18 bits per heavy atom. The predicted octanol–water partition coefficient (Wildman–Crippen LogP) is 3.02. The van der Waals surface area contributed by atoms with Gasteiger partial charge >= 0.3 is 0 Å². The van der Waals surface area contributed by atoms with Crippen molar-refractivity contribution >= 4 is 15.9 Å². The Morgan fingerprint density at radius 3 is 2.76 bits per heavy atom. The maximum absolute atomic E-state index is 13.5. The summed E-state index contributed by atoms with van der Waals surface area (Å²) in [6.45, 7) is 6.80. The van der Waals surface area contributed by atoms with E-state index in [1.165, 1.54) is 6.07 Å². The summed E-state index contributed by atoms with van der Waals surface area (Å²) in [7, 11) is 2.08. The Balaban J connectivity index is 2.44. The van der Waals surface area contributed by atoms with Crippen LogP contribution in [0.15, 0.2) is 22.7 Å². The minimum absolute atomic E-state index is 0.164. The molecular weight excluding hydrogens is 283 g/mol. The van der Waals surface area contributed by atoms with Crippen molar-refractivity contribution in [3.8, 4) is 0 Å². The third-order valence-corrected chi connectivity index (χ3v) is 3.27. The van der Waals surface area contributed by atoms with Crippen molar-refractivity contribution in [1.82, 2.24) is 10.2 Å². The molecule has 0 aliphatic heterocycles. The fourth-order valence-electron chi connectivity index (χ4n) is 1.61. The molecule has 0 aliphatic carbocycles. The number of rotatable bonds is 6. The standard InChI is InChI=1S/C13H20BrFN2/c1-4-17(3)9-10(2)16-8-11-5-6-12(14)7-13(11)15/h5-7,10,16H,4,8-9H2,1-3H3. The second-order valence-corrected chi connectivity index (χ2v) is 5.29. The van der Waals surface area contributed by atoms with Crippen LogP contribution in [0.25, 0.3) is 0 Å². The van der Waals surface area contributed by atoms with Gasteiger partial charge in [-0.25, -0.2) is 4.39 Å². The molecule has 0 aromatic heterocycles. The zero-order valence-electron chi connectivity index (χ0n) is 10.6. The molecule has 1 rings (SSSR count). The Morgan fingerprint density at radius 1 is 1.47 bits per heavy atom. The van der Waals surface area contributed by atoms with Crippen molar-refractivity contribution in [2.24, 2.45) is 0 Å². The van der Waals surface area contributed by atoms with Crippen molar-refractivity contribution in [2.75, 3.05) is 20.1 Å². The lowest BCUT2D eigenvalue weighted by Gasteiger charge is -2.20. The largest absolute Gasteiger partial charge is 0.309 e. The van der Waals surface area contributed by atoms with Crippen LogP contribution in [-0.2, 0) is 6.54 Å². The second kappa shape index (κ2) is 7.09. The van der Waals surface area contributed by atoms with Crippen molar-refractivity contribution in [3.63, 3.8) is 0 Å². The Bertz CT molecular complexity index is 357. The minimum atomic E-state index is -0.164. The van der Waals surface area contributed by atoms with Gasteiger partial charge in [-0.1, -0.05) is 28.9 Å². The summed E-state index contributed by atoms with van der Waals surface area (Å²) in [6.07, 6.45) is 0. The van der Waals surface area contributed by atoms with Gasteiger partial charge in [0.25, 0.3) is 0 Å². The molecule has 0 radical (unpaired) electrons. The quantitative estimate of drug-likeness (QED) is 0.869. The molecule has 0 heterocycles. The highest BCUT2D eigenvalue weighted by Gasteiger charge is 2.07. The maximum atomic E-state index is 13.5. The van der Waals surface area contributed by atoms with Gasteiger partial charge in [-0.15, -0.1) is 0 Å². The summed E-state index contributed by atoms with van der Waals surface area (Å²) < 4.78 is 14.3. The lowest BCUT2D eigenvalue weighted by molar-refractivity contribution is 0.309. The van der Waals surface area contributed by atoms with Gasteiger partial charge in [-0.3, -0.25) is 0 Å². The molecule has 0 fully saturated rings. The summed E-state index contributed by atoms with van der Waals surface area (Å²) in [6, 6.07) is 5.52. The molecule has 1 unspecified atom stereocenters. The van der Waals surface area contributed by atoms with E-state index in [2.05, 4.69) is 47.0 Å². The summed E-state index contributed by atoms with van der Waals surface area (Å²) in [5, 5.41) is 3.33. The second-order valence-electron chi connectivity index (χ2n) is 4.37. The summed E-state index contributed by atoms with van der Waals surface area (Å²) in [4.78, 5) is 2.23. The number of likely N-dealkylation sites (N-methyl/N-ethyl adjacent to an activating group) is 1. The van der Waals surface area contributed by atoms with E-state index in [0.29, 0.717) is 18.2 Å². The third kappa shape index (κ3) is 5.15. The molecule has 96 valence electrons. The van der Waals surface area contributed by atoms with Crippen LogP contribution in [0.3, 0.4) is 0 Å². The number of halogens is 2. The average Bonchev–Trinajstić information content (AvgIpc) is 2.27. The van der Waals surface area contributed by atoms with E-state index < -0.39 is 0 Å². The number of hydrogen-bond acceptors (Lipinski definition) is 2. The lowest BCUT2D eigenvalue weighted by atomic mass is 10.2. The molecule has 0 aliphatic rings. The van der Waals surface area contributed by atoms with Crippen LogP contribution in [0, 0.1) is 5.82 Å². The first-order valence-corrected chi connectivity index (χ1v) is 6.68. The minimum Gasteiger partial charge on any atom is -0.309 e. The number of hydrogen-bond donors (Lipinski definition) is 1. The topological polar surface area (TPSA) is 15.3 Å². The molecule has 0 bridgehead atoms. The first-order valence-electron chi connectivity index (χ1n) is 5.88. The molecule has 1 atom stereocenters. The molecule has 4 heteroatoms. The molecule has 1 aromatic carbocycles. The number of benzene rings is 1. The van der Waals surface area contributed by atoms with Gasteiger partial charge < -0.3 is 10.2 Å². The zero-order chi connectivity index (χ0) is 12.8. The van der Waals surface area contributed by atoms with Gasteiger partial charge in [-0.05, 0) is 32.6 Å². The van der Waals surface area contributed by atoms with E-state index in [4.69, 9.17) is 0 Å². The molecule has 0 spiro atoms. The van der Waals surface area contributed by atoms with Crippen LogP contribution in [0.1, 0.15) is 19.4 Å². The first-order chi connectivity index (χ1) is 8.02. The van der Waals surface area contributed by atoms with Gasteiger partial charge in [0.15, 0.2) is 0 Å². The molecule has 1 N–H and O–H groups in total. The van der Waals surface area contributed by atoms with Crippen molar-refractivity contribution in [3.05, 3.63) is 34.1 Å². The fraction of sp³-hybridized carbons (Fsp3) is 0.538. The van der Waals surface area contributed by atoms with Crippen LogP contribution >= 0.6 is 15.9 Å². The molecule has 0 saturated heterocycles. The van der Waals surface area contributed by atoms with Crippen molar-refractivity contribution in [1.29, 1.82) is 0 Å². The number of nitrogens with zero attached hydrogens (tertiary/aromatic N) is 1. The molecule has 0 amide bonds. The lowest BCUT2D eigenvalue weighted by Crippen LogP contribution is -2.37. The average molecular weight is 303 g/mol. The molecule has 17 heavy (non-hydrogen) atoms. The van der Waals surface area contributed by atoms with E-state index >= 15 is 0 Å². The van der Waals surface area contributed by atoms with Gasteiger partial charge in [0.2, 0.25) is 0 Å². The molecule has 1 aromatic rings. The maximum Gasteiger partial charge on any atom is 0.128 e. The van der Waals surface area contributed by atoms with Crippen LogP contribution in [0.5, 0.6) is 0 Å².